The molecule has 0 atom stereocenters. The van der Waals surface area contributed by atoms with E-state index in [1.54, 1.807) is 12.3 Å². The van der Waals surface area contributed by atoms with Crippen LogP contribution in [0.25, 0.3) is 0 Å². The highest BCUT2D eigenvalue weighted by Gasteiger charge is 2.25. The lowest BCUT2D eigenvalue weighted by molar-refractivity contribution is 0.628. The molecule has 3 N–H and O–H groups in total. The SMILES string of the molecule is Cc1ccnc(N2CCc3ccc(F)cc32)c1C(=N)N. The van der Waals surface area contributed by atoms with Gasteiger partial charge in [-0.2, -0.15) is 0 Å². The zero-order valence-electron chi connectivity index (χ0n) is 11.2. The van der Waals surface area contributed by atoms with Gasteiger partial charge in [0.05, 0.1) is 5.56 Å². The van der Waals surface area contributed by atoms with Gasteiger partial charge in [-0.3, -0.25) is 5.41 Å². The van der Waals surface area contributed by atoms with Crippen LogP contribution >= 0.6 is 0 Å². The Labute approximate surface area is 116 Å². The number of pyridine rings is 1. The van der Waals surface area contributed by atoms with Crippen molar-refractivity contribution in [3.8, 4) is 0 Å². The van der Waals surface area contributed by atoms with Gasteiger partial charge >= 0.3 is 0 Å². The van der Waals surface area contributed by atoms with Crippen LogP contribution in [0.1, 0.15) is 16.7 Å². The van der Waals surface area contributed by atoms with Crippen LogP contribution in [-0.2, 0) is 6.42 Å². The Kier molecular flexibility index (Phi) is 2.89. The summed E-state index contributed by atoms with van der Waals surface area (Å²) in [6.07, 6.45) is 2.52. The fraction of sp³-hybridized carbons (Fsp3) is 0.200. The van der Waals surface area contributed by atoms with Crippen LogP contribution in [0.4, 0.5) is 15.9 Å². The summed E-state index contributed by atoms with van der Waals surface area (Å²) in [5.74, 6) is 0.338. The average molecular weight is 270 g/mol. The molecule has 0 unspecified atom stereocenters. The number of anilines is 2. The summed E-state index contributed by atoms with van der Waals surface area (Å²) in [5, 5.41) is 7.74. The van der Waals surface area contributed by atoms with Crippen molar-refractivity contribution in [2.75, 3.05) is 11.4 Å². The standard InChI is InChI=1S/C15H15FN4/c1-9-4-6-19-15(13(9)14(17)18)20-7-5-10-2-3-11(16)8-12(10)20/h2-4,6,8H,5,7H2,1H3,(H3,17,18). The quantitative estimate of drug-likeness (QED) is 0.651. The molecule has 0 bridgehead atoms. The fourth-order valence-corrected chi connectivity index (χ4v) is 2.65. The van der Waals surface area contributed by atoms with Gasteiger partial charge in [0.1, 0.15) is 17.5 Å². The maximum Gasteiger partial charge on any atom is 0.144 e. The zero-order valence-corrected chi connectivity index (χ0v) is 11.2. The number of halogens is 1. The van der Waals surface area contributed by atoms with Crippen LogP contribution in [-0.4, -0.2) is 17.4 Å². The van der Waals surface area contributed by atoms with Gasteiger partial charge in [0.2, 0.25) is 0 Å². The third-order valence-electron chi connectivity index (χ3n) is 3.61. The van der Waals surface area contributed by atoms with E-state index in [2.05, 4.69) is 4.98 Å². The molecule has 102 valence electrons. The monoisotopic (exact) mass is 270 g/mol. The van der Waals surface area contributed by atoms with Gasteiger partial charge in [0, 0.05) is 18.4 Å². The fourth-order valence-electron chi connectivity index (χ4n) is 2.65. The Bertz CT molecular complexity index is 696. The molecular weight excluding hydrogens is 255 g/mol. The predicted molar refractivity (Wildman–Crippen MR) is 77.1 cm³/mol. The van der Waals surface area contributed by atoms with Gasteiger partial charge in [0.25, 0.3) is 0 Å². The Balaban J connectivity index is 2.16. The number of rotatable bonds is 2. The average Bonchev–Trinajstić information content (AvgIpc) is 2.80. The molecular formula is C15H15FN4. The minimum atomic E-state index is -0.271. The molecule has 1 aromatic carbocycles. The van der Waals surface area contributed by atoms with Gasteiger partial charge in [-0.05, 0) is 42.7 Å². The molecule has 2 heterocycles. The van der Waals surface area contributed by atoms with Crippen LogP contribution in [0, 0.1) is 18.2 Å². The van der Waals surface area contributed by atoms with Crippen LogP contribution in [0.3, 0.4) is 0 Å². The summed E-state index contributed by atoms with van der Waals surface area (Å²) < 4.78 is 13.5. The molecule has 0 fully saturated rings. The molecule has 3 rings (SSSR count). The lowest BCUT2D eigenvalue weighted by atomic mass is 10.1. The van der Waals surface area contributed by atoms with Crippen LogP contribution < -0.4 is 10.6 Å². The molecule has 20 heavy (non-hydrogen) atoms. The predicted octanol–water partition coefficient (Wildman–Crippen LogP) is 2.51. The van der Waals surface area contributed by atoms with E-state index in [1.807, 2.05) is 17.9 Å². The topological polar surface area (TPSA) is 66.0 Å². The van der Waals surface area contributed by atoms with Crippen molar-refractivity contribution in [1.29, 1.82) is 5.41 Å². The Hall–Kier alpha value is -2.43. The van der Waals surface area contributed by atoms with Crippen molar-refractivity contribution < 1.29 is 4.39 Å². The maximum absolute atomic E-state index is 13.5. The Morgan fingerprint density at radius 1 is 1.40 bits per heavy atom. The molecule has 0 spiro atoms. The van der Waals surface area contributed by atoms with Gasteiger partial charge in [-0.25, -0.2) is 9.37 Å². The van der Waals surface area contributed by atoms with E-state index in [4.69, 9.17) is 11.1 Å². The van der Waals surface area contributed by atoms with Gasteiger partial charge in [-0.15, -0.1) is 0 Å². The number of benzene rings is 1. The highest BCUT2D eigenvalue weighted by atomic mass is 19.1. The number of nitrogens with zero attached hydrogens (tertiary/aromatic N) is 2. The Morgan fingerprint density at radius 2 is 2.20 bits per heavy atom. The summed E-state index contributed by atoms with van der Waals surface area (Å²) >= 11 is 0. The van der Waals surface area contributed by atoms with E-state index in [9.17, 15) is 4.39 Å². The van der Waals surface area contributed by atoms with Crippen LogP contribution in [0.2, 0.25) is 0 Å². The van der Waals surface area contributed by atoms with Crippen molar-refractivity contribution in [3.05, 3.63) is 53.0 Å². The minimum Gasteiger partial charge on any atom is -0.384 e. The van der Waals surface area contributed by atoms with E-state index in [1.165, 1.54) is 12.1 Å². The van der Waals surface area contributed by atoms with Gasteiger partial charge < -0.3 is 10.6 Å². The number of nitrogens with one attached hydrogen (secondary N) is 1. The summed E-state index contributed by atoms with van der Waals surface area (Å²) in [5.41, 5.74) is 9.08. The first-order valence-electron chi connectivity index (χ1n) is 6.44. The number of amidine groups is 1. The van der Waals surface area contributed by atoms with E-state index >= 15 is 0 Å². The molecule has 2 aromatic rings. The van der Waals surface area contributed by atoms with Crippen molar-refractivity contribution in [2.45, 2.75) is 13.3 Å². The third kappa shape index (κ3) is 1.91. The van der Waals surface area contributed by atoms with Gasteiger partial charge in [0.15, 0.2) is 0 Å². The van der Waals surface area contributed by atoms with Crippen molar-refractivity contribution >= 4 is 17.3 Å². The van der Waals surface area contributed by atoms with Crippen molar-refractivity contribution in [2.24, 2.45) is 5.73 Å². The first-order valence-corrected chi connectivity index (χ1v) is 6.44. The number of aryl methyl sites for hydroxylation is 1. The first kappa shape index (κ1) is 12.6. The molecule has 1 aliphatic heterocycles. The maximum atomic E-state index is 13.5. The molecule has 5 heteroatoms. The van der Waals surface area contributed by atoms with E-state index < -0.39 is 0 Å². The summed E-state index contributed by atoms with van der Waals surface area (Å²) in [7, 11) is 0. The normalized spacial score (nSPS) is 13.4. The molecule has 0 aliphatic carbocycles. The molecule has 0 amide bonds. The highest BCUT2D eigenvalue weighted by Crippen LogP contribution is 2.36. The zero-order chi connectivity index (χ0) is 14.3. The Morgan fingerprint density at radius 3 is 2.95 bits per heavy atom. The third-order valence-corrected chi connectivity index (χ3v) is 3.61. The number of nitrogen functional groups attached to an aromatic ring is 1. The minimum absolute atomic E-state index is 0.0181. The van der Waals surface area contributed by atoms with E-state index in [0.29, 0.717) is 11.4 Å². The second-order valence-corrected chi connectivity index (χ2v) is 4.91. The smallest absolute Gasteiger partial charge is 0.144 e. The summed E-state index contributed by atoms with van der Waals surface area (Å²) in [6.45, 7) is 2.61. The van der Waals surface area contributed by atoms with Gasteiger partial charge in [-0.1, -0.05) is 6.07 Å². The number of fused-ring (bicyclic) bond motifs is 1. The van der Waals surface area contributed by atoms with Crippen LogP contribution in [0.5, 0.6) is 0 Å². The number of nitrogens with two attached hydrogens (primary N) is 1. The number of hydrogen-bond donors (Lipinski definition) is 2. The molecule has 1 aliphatic rings. The molecule has 1 aromatic heterocycles. The molecule has 0 saturated carbocycles. The number of hydrogen-bond acceptors (Lipinski definition) is 3. The number of aromatic nitrogens is 1. The van der Waals surface area contributed by atoms with Crippen molar-refractivity contribution in [3.63, 3.8) is 0 Å². The lowest BCUT2D eigenvalue weighted by Crippen LogP contribution is -2.22. The molecule has 4 nitrogen and oxygen atoms in total. The second kappa shape index (κ2) is 4.59. The molecule has 0 radical (unpaired) electrons. The summed E-state index contributed by atoms with van der Waals surface area (Å²) in [6, 6.07) is 6.60. The molecule has 0 saturated heterocycles. The lowest BCUT2D eigenvalue weighted by Gasteiger charge is -2.22. The van der Waals surface area contributed by atoms with E-state index in [-0.39, 0.29) is 11.7 Å². The second-order valence-electron chi connectivity index (χ2n) is 4.91. The van der Waals surface area contributed by atoms with E-state index in [0.717, 1.165) is 29.8 Å². The van der Waals surface area contributed by atoms with Crippen molar-refractivity contribution in [1.82, 2.24) is 4.98 Å². The summed E-state index contributed by atoms with van der Waals surface area (Å²) in [4.78, 5) is 6.29. The highest BCUT2D eigenvalue weighted by molar-refractivity contribution is 6.01. The van der Waals surface area contributed by atoms with Crippen LogP contribution in [0.15, 0.2) is 30.5 Å². The first-order chi connectivity index (χ1) is 9.58. The largest absolute Gasteiger partial charge is 0.384 e.